The molecule has 1 aromatic carbocycles. The van der Waals surface area contributed by atoms with Crippen molar-refractivity contribution in [1.29, 1.82) is 0 Å². The van der Waals surface area contributed by atoms with Gasteiger partial charge >= 0.3 is 5.97 Å². The van der Waals surface area contributed by atoms with E-state index in [0.29, 0.717) is 5.75 Å². The Labute approximate surface area is 122 Å². The van der Waals surface area contributed by atoms with Crippen LogP contribution in [-0.4, -0.2) is 29.9 Å². The fourth-order valence-corrected chi connectivity index (χ4v) is 1.42. The molecule has 0 aliphatic rings. The molecule has 0 saturated carbocycles. The number of esters is 1. The second kappa shape index (κ2) is 6.83. The Morgan fingerprint density at radius 2 is 1.81 bits per heavy atom. The Kier molecular flexibility index (Phi) is 5.40. The van der Waals surface area contributed by atoms with Gasteiger partial charge in [0.05, 0.1) is 11.5 Å². The molecule has 7 nitrogen and oxygen atoms in total. The number of nitrogens with zero attached hydrogens (tertiary/aromatic N) is 1. The second-order valence-electron chi connectivity index (χ2n) is 4.81. The van der Waals surface area contributed by atoms with Crippen LogP contribution in [0.4, 0.5) is 5.69 Å². The summed E-state index contributed by atoms with van der Waals surface area (Å²) in [4.78, 5) is 33.6. The van der Waals surface area contributed by atoms with E-state index in [4.69, 9.17) is 9.47 Å². The van der Waals surface area contributed by atoms with Gasteiger partial charge in [-0.3, -0.25) is 19.7 Å². The summed E-state index contributed by atoms with van der Waals surface area (Å²) < 4.78 is 10.1. The zero-order chi connectivity index (χ0) is 16.0. The fourth-order valence-electron chi connectivity index (χ4n) is 1.42. The number of ether oxygens (including phenoxy) is 2. The first-order valence-electron chi connectivity index (χ1n) is 6.36. The number of carbonyl (C=O) groups excluding carboxylic acids is 2. The number of rotatable bonds is 7. The van der Waals surface area contributed by atoms with Crippen molar-refractivity contribution in [3.05, 3.63) is 34.4 Å². The summed E-state index contributed by atoms with van der Waals surface area (Å²) in [5.41, 5.74) is -1.36. The van der Waals surface area contributed by atoms with Gasteiger partial charge < -0.3 is 9.47 Å². The number of Topliss-reactive ketones (excluding diaryl/α,β-unsaturated/α-hetero) is 1. The molecule has 0 amide bonds. The van der Waals surface area contributed by atoms with E-state index < -0.39 is 22.1 Å². The first kappa shape index (κ1) is 16.6. The van der Waals surface area contributed by atoms with Gasteiger partial charge in [-0.25, -0.2) is 0 Å². The molecule has 0 fully saturated rings. The van der Waals surface area contributed by atoms with E-state index in [2.05, 4.69) is 0 Å². The number of ketones is 1. The van der Waals surface area contributed by atoms with Crippen molar-refractivity contribution in [2.75, 3.05) is 13.2 Å². The first-order chi connectivity index (χ1) is 9.78. The molecule has 0 aliphatic heterocycles. The summed E-state index contributed by atoms with van der Waals surface area (Å²) in [6, 6.07) is 5.33. The lowest BCUT2D eigenvalue weighted by Crippen LogP contribution is -2.38. The lowest BCUT2D eigenvalue weighted by atomic mass is 9.88. The van der Waals surface area contributed by atoms with Crippen molar-refractivity contribution >= 4 is 17.4 Å². The van der Waals surface area contributed by atoms with Crippen molar-refractivity contribution in [2.24, 2.45) is 5.41 Å². The highest BCUT2D eigenvalue weighted by atomic mass is 16.6. The number of non-ortho nitro benzene ring substituents is 1. The monoisotopic (exact) mass is 295 g/mol. The highest BCUT2D eigenvalue weighted by molar-refractivity contribution is 6.03. The Bertz CT molecular complexity index is 535. The molecule has 0 heterocycles. The van der Waals surface area contributed by atoms with E-state index in [1.165, 1.54) is 38.1 Å². The van der Waals surface area contributed by atoms with E-state index in [-0.39, 0.29) is 18.9 Å². The van der Waals surface area contributed by atoms with Gasteiger partial charge in [0.25, 0.3) is 5.69 Å². The van der Waals surface area contributed by atoms with Crippen molar-refractivity contribution in [3.63, 3.8) is 0 Å². The van der Waals surface area contributed by atoms with Crippen LogP contribution < -0.4 is 4.74 Å². The van der Waals surface area contributed by atoms with Crippen LogP contribution in [0.15, 0.2) is 24.3 Å². The van der Waals surface area contributed by atoms with Crippen LogP contribution in [0.1, 0.15) is 20.8 Å². The minimum atomic E-state index is -1.29. The zero-order valence-corrected chi connectivity index (χ0v) is 12.1. The summed E-state index contributed by atoms with van der Waals surface area (Å²) in [5.74, 6) is -0.727. The summed E-state index contributed by atoms with van der Waals surface area (Å²) in [6.45, 7) is 4.47. The molecule has 0 aromatic heterocycles. The number of nitro groups is 1. The molecule has 1 aromatic rings. The summed E-state index contributed by atoms with van der Waals surface area (Å²) in [7, 11) is 0. The third kappa shape index (κ3) is 4.27. The summed E-state index contributed by atoms with van der Waals surface area (Å²) in [5, 5.41) is 10.5. The third-order valence-corrected chi connectivity index (χ3v) is 2.90. The second-order valence-corrected chi connectivity index (χ2v) is 4.81. The van der Waals surface area contributed by atoms with Gasteiger partial charge in [-0.05, 0) is 32.9 Å². The average Bonchev–Trinajstić information content (AvgIpc) is 2.45. The fraction of sp³-hybridized carbons (Fsp3) is 0.429. The van der Waals surface area contributed by atoms with Gasteiger partial charge in [0, 0.05) is 12.1 Å². The predicted octanol–water partition coefficient (Wildman–Crippen LogP) is 2.13. The minimum Gasteiger partial charge on any atom is -0.486 e. The lowest BCUT2D eigenvalue weighted by molar-refractivity contribution is -0.384. The summed E-state index contributed by atoms with van der Waals surface area (Å²) >= 11 is 0. The van der Waals surface area contributed by atoms with E-state index in [1.807, 2.05) is 0 Å². The number of hydrogen-bond acceptors (Lipinski definition) is 6. The Balaban J connectivity index is 2.64. The molecule has 0 saturated heterocycles. The molecular formula is C14H17NO6. The molecule has 0 bridgehead atoms. The molecular weight excluding hydrogens is 278 g/mol. The van der Waals surface area contributed by atoms with Crippen molar-refractivity contribution in [3.8, 4) is 5.75 Å². The highest BCUT2D eigenvalue weighted by Crippen LogP contribution is 2.21. The van der Waals surface area contributed by atoms with Gasteiger partial charge in [0.2, 0.25) is 0 Å². The Morgan fingerprint density at radius 3 is 2.29 bits per heavy atom. The number of carbonyl (C=O) groups is 2. The van der Waals surface area contributed by atoms with E-state index >= 15 is 0 Å². The van der Waals surface area contributed by atoms with Crippen LogP contribution in [0, 0.1) is 15.5 Å². The zero-order valence-electron chi connectivity index (χ0n) is 12.1. The van der Waals surface area contributed by atoms with Gasteiger partial charge in [-0.15, -0.1) is 0 Å². The SMILES string of the molecule is CCOC(=O)C(C)(C)C(=O)COc1ccc([N+](=O)[O-])cc1. The van der Waals surface area contributed by atoms with Crippen LogP contribution in [0.25, 0.3) is 0 Å². The van der Waals surface area contributed by atoms with Crippen LogP contribution in [0.3, 0.4) is 0 Å². The predicted molar refractivity (Wildman–Crippen MR) is 74.0 cm³/mol. The summed E-state index contributed by atoms with van der Waals surface area (Å²) in [6.07, 6.45) is 0. The quantitative estimate of drug-likeness (QED) is 0.331. The Morgan fingerprint density at radius 1 is 1.24 bits per heavy atom. The van der Waals surface area contributed by atoms with E-state index in [9.17, 15) is 19.7 Å². The molecule has 21 heavy (non-hydrogen) atoms. The maximum absolute atomic E-state index is 12.0. The molecule has 114 valence electrons. The van der Waals surface area contributed by atoms with E-state index in [1.54, 1.807) is 6.92 Å². The first-order valence-corrected chi connectivity index (χ1v) is 6.36. The number of hydrogen-bond donors (Lipinski definition) is 0. The number of nitro benzene ring substituents is 1. The number of benzene rings is 1. The van der Waals surface area contributed by atoms with Gasteiger partial charge in [0.15, 0.2) is 5.78 Å². The molecule has 0 aliphatic carbocycles. The molecule has 0 atom stereocenters. The molecule has 7 heteroatoms. The van der Waals surface area contributed by atoms with Crippen LogP contribution in [-0.2, 0) is 14.3 Å². The lowest BCUT2D eigenvalue weighted by Gasteiger charge is -2.20. The van der Waals surface area contributed by atoms with Crippen molar-refractivity contribution < 1.29 is 24.0 Å². The average molecular weight is 295 g/mol. The van der Waals surface area contributed by atoms with Crippen LogP contribution >= 0.6 is 0 Å². The largest absolute Gasteiger partial charge is 0.486 e. The van der Waals surface area contributed by atoms with E-state index in [0.717, 1.165) is 0 Å². The smallest absolute Gasteiger partial charge is 0.319 e. The van der Waals surface area contributed by atoms with Crippen molar-refractivity contribution in [2.45, 2.75) is 20.8 Å². The minimum absolute atomic E-state index is 0.0690. The normalized spacial score (nSPS) is 10.8. The van der Waals surface area contributed by atoms with Crippen LogP contribution in [0.2, 0.25) is 0 Å². The topological polar surface area (TPSA) is 95.7 Å². The third-order valence-electron chi connectivity index (χ3n) is 2.90. The molecule has 0 unspecified atom stereocenters. The van der Waals surface area contributed by atoms with Gasteiger partial charge in [-0.2, -0.15) is 0 Å². The molecule has 0 radical (unpaired) electrons. The van der Waals surface area contributed by atoms with Gasteiger partial charge in [0.1, 0.15) is 17.8 Å². The molecule has 0 N–H and O–H groups in total. The van der Waals surface area contributed by atoms with Gasteiger partial charge in [-0.1, -0.05) is 0 Å². The highest BCUT2D eigenvalue weighted by Gasteiger charge is 2.37. The van der Waals surface area contributed by atoms with Crippen molar-refractivity contribution in [1.82, 2.24) is 0 Å². The maximum atomic E-state index is 12.0. The molecule has 1 rings (SSSR count). The molecule has 0 spiro atoms. The van der Waals surface area contributed by atoms with Crippen LogP contribution in [0.5, 0.6) is 5.75 Å². The maximum Gasteiger partial charge on any atom is 0.319 e. The standard InChI is InChI=1S/C14H17NO6/c1-4-20-13(17)14(2,3)12(16)9-21-11-7-5-10(6-8-11)15(18)19/h5-8H,4,9H2,1-3H3. The Hall–Kier alpha value is -2.44.